The summed E-state index contributed by atoms with van der Waals surface area (Å²) in [5.41, 5.74) is 3.09. The van der Waals surface area contributed by atoms with Crippen LogP contribution in [0.1, 0.15) is 18.2 Å². The number of benzene rings is 3. The van der Waals surface area contributed by atoms with E-state index in [1.54, 1.807) is 55.4 Å². The largest absolute Gasteiger partial charge is 0.367 e. The number of nitrogens with zero attached hydrogens (tertiary/aromatic N) is 4. The van der Waals surface area contributed by atoms with Crippen LogP contribution in [0.25, 0.3) is 11.1 Å². The van der Waals surface area contributed by atoms with Crippen LogP contribution in [0, 0.1) is 11.6 Å². The van der Waals surface area contributed by atoms with Crippen LogP contribution in [0.5, 0.6) is 0 Å². The molecule has 0 aromatic heterocycles. The van der Waals surface area contributed by atoms with Crippen LogP contribution in [0.4, 0.5) is 20.2 Å². The zero-order valence-electron chi connectivity index (χ0n) is 21.6. The van der Waals surface area contributed by atoms with Gasteiger partial charge >= 0.3 is 0 Å². The summed E-state index contributed by atoms with van der Waals surface area (Å²) in [7, 11) is 7.12. The van der Waals surface area contributed by atoms with E-state index in [9.17, 15) is 14.0 Å². The number of hydrogen-bond donors (Lipinski definition) is 0. The Kier molecular flexibility index (Phi) is 7.88. The molecule has 2 amide bonds. The van der Waals surface area contributed by atoms with E-state index in [1.165, 1.54) is 23.1 Å². The summed E-state index contributed by atoms with van der Waals surface area (Å²) in [5.74, 6) is -0.937. The van der Waals surface area contributed by atoms with Gasteiger partial charge in [-0.05, 0) is 74.1 Å². The molecule has 0 radical (unpaired) electrons. The van der Waals surface area contributed by atoms with Crippen molar-refractivity contribution >= 4 is 23.2 Å². The average molecular weight is 509 g/mol. The quantitative estimate of drug-likeness (QED) is 0.462. The van der Waals surface area contributed by atoms with Crippen molar-refractivity contribution in [2.75, 3.05) is 57.6 Å². The van der Waals surface area contributed by atoms with Crippen LogP contribution in [0.2, 0.25) is 0 Å². The van der Waals surface area contributed by atoms with E-state index < -0.39 is 5.82 Å². The molecule has 3 aromatic carbocycles. The minimum Gasteiger partial charge on any atom is -0.367 e. The fourth-order valence-electron chi connectivity index (χ4n) is 4.58. The Bertz CT molecular complexity index is 1270. The molecule has 4 rings (SSSR count). The Balaban J connectivity index is 0.00000400. The van der Waals surface area contributed by atoms with E-state index in [0.29, 0.717) is 36.6 Å². The van der Waals surface area contributed by atoms with Gasteiger partial charge in [-0.15, -0.1) is 0 Å². The van der Waals surface area contributed by atoms with Gasteiger partial charge in [0.2, 0.25) is 5.91 Å². The molecular formula is C29H34F2N4O2. The van der Waals surface area contributed by atoms with E-state index >= 15 is 4.39 Å². The summed E-state index contributed by atoms with van der Waals surface area (Å²) in [5, 5.41) is 0. The van der Waals surface area contributed by atoms with Gasteiger partial charge in [-0.1, -0.05) is 24.3 Å². The summed E-state index contributed by atoms with van der Waals surface area (Å²) >= 11 is 0. The molecule has 0 aliphatic carbocycles. The number of carbonyl (C=O) groups excluding carboxylic acids is 2. The fraction of sp³-hybridized carbons (Fsp3) is 0.310. The Morgan fingerprint density at radius 2 is 1.54 bits per heavy atom. The lowest BCUT2D eigenvalue weighted by Crippen LogP contribution is -2.43. The third-order valence-corrected chi connectivity index (χ3v) is 6.83. The van der Waals surface area contributed by atoms with Crippen molar-refractivity contribution in [2.45, 2.75) is 12.5 Å². The van der Waals surface area contributed by atoms with Crippen molar-refractivity contribution in [1.29, 1.82) is 0 Å². The van der Waals surface area contributed by atoms with Gasteiger partial charge in [0.05, 0.1) is 18.3 Å². The standard InChI is InChI=1S/C29H32F2N4O2.H2/c1-32(2)19-28(36)33(3)25-15-16-35(18-25)27-14-13-24(17-26(27)31)34(4)29(37)22-7-5-20(6-8-22)21-9-11-23(30)12-10-21;/h5-14,17,25H,15-16,18-19H2,1-4H3;1H. The Labute approximate surface area is 218 Å². The van der Waals surface area contributed by atoms with Crippen LogP contribution < -0.4 is 9.80 Å². The highest BCUT2D eigenvalue weighted by Gasteiger charge is 2.30. The first-order valence-corrected chi connectivity index (χ1v) is 12.2. The van der Waals surface area contributed by atoms with E-state index in [-0.39, 0.29) is 25.1 Å². The second kappa shape index (κ2) is 11.1. The SMILES string of the molecule is CN(C)CC(=O)N(C)C1CCN(c2ccc(N(C)C(=O)c3ccc(-c4ccc(F)cc4)cc3)cc2F)C1.[HH]. The zero-order valence-corrected chi connectivity index (χ0v) is 21.6. The maximum Gasteiger partial charge on any atom is 0.258 e. The van der Waals surface area contributed by atoms with Crippen LogP contribution in [-0.2, 0) is 4.79 Å². The van der Waals surface area contributed by atoms with Gasteiger partial charge in [0.1, 0.15) is 11.6 Å². The first-order chi connectivity index (χ1) is 17.6. The molecule has 6 nitrogen and oxygen atoms in total. The lowest BCUT2D eigenvalue weighted by Gasteiger charge is -2.27. The molecule has 37 heavy (non-hydrogen) atoms. The van der Waals surface area contributed by atoms with Crippen molar-refractivity contribution in [3.05, 3.63) is 83.9 Å². The number of hydrogen-bond acceptors (Lipinski definition) is 4. The minimum absolute atomic E-state index is 0. The number of carbonyl (C=O) groups is 2. The van der Waals surface area contributed by atoms with Crippen molar-refractivity contribution in [3.8, 4) is 11.1 Å². The van der Waals surface area contributed by atoms with Gasteiger partial charge in [-0.25, -0.2) is 8.78 Å². The first kappa shape index (κ1) is 26.3. The second-order valence-electron chi connectivity index (χ2n) is 9.72. The fourth-order valence-corrected chi connectivity index (χ4v) is 4.58. The van der Waals surface area contributed by atoms with E-state index in [2.05, 4.69) is 0 Å². The third kappa shape index (κ3) is 5.97. The summed E-state index contributed by atoms with van der Waals surface area (Å²) in [6, 6.07) is 18.0. The number of halogens is 2. The third-order valence-electron chi connectivity index (χ3n) is 6.83. The van der Waals surface area contributed by atoms with Crippen LogP contribution in [0.3, 0.4) is 0 Å². The van der Waals surface area contributed by atoms with Gasteiger partial charge in [-0.2, -0.15) is 0 Å². The Morgan fingerprint density at radius 3 is 2.14 bits per heavy atom. The summed E-state index contributed by atoms with van der Waals surface area (Å²) in [6.45, 7) is 1.54. The molecule has 1 aliphatic rings. The van der Waals surface area contributed by atoms with Crippen molar-refractivity contribution < 1.29 is 19.8 Å². The molecule has 1 unspecified atom stereocenters. The van der Waals surface area contributed by atoms with Gasteiger partial charge in [0.15, 0.2) is 0 Å². The molecule has 0 N–H and O–H groups in total. The zero-order chi connectivity index (χ0) is 26.7. The number of anilines is 2. The summed E-state index contributed by atoms with van der Waals surface area (Å²) < 4.78 is 28.3. The van der Waals surface area contributed by atoms with Crippen LogP contribution in [0.15, 0.2) is 66.7 Å². The van der Waals surface area contributed by atoms with Crippen LogP contribution in [-0.4, -0.2) is 75.5 Å². The Morgan fingerprint density at radius 1 is 0.919 bits per heavy atom. The molecule has 196 valence electrons. The molecule has 1 saturated heterocycles. The topological polar surface area (TPSA) is 47.1 Å². The van der Waals surface area contributed by atoms with Gasteiger partial charge < -0.3 is 19.6 Å². The lowest BCUT2D eigenvalue weighted by atomic mass is 10.0. The second-order valence-corrected chi connectivity index (χ2v) is 9.72. The molecule has 0 spiro atoms. The molecule has 3 aromatic rings. The molecular weight excluding hydrogens is 474 g/mol. The van der Waals surface area contributed by atoms with Gasteiger partial charge in [0, 0.05) is 39.9 Å². The molecule has 1 fully saturated rings. The smallest absolute Gasteiger partial charge is 0.258 e. The molecule has 0 saturated carbocycles. The maximum atomic E-state index is 15.2. The monoisotopic (exact) mass is 508 g/mol. The van der Waals surface area contributed by atoms with E-state index in [0.717, 1.165) is 17.5 Å². The number of amides is 2. The minimum atomic E-state index is -0.410. The number of likely N-dealkylation sites (N-methyl/N-ethyl adjacent to an activating group) is 2. The summed E-state index contributed by atoms with van der Waals surface area (Å²) in [4.78, 5) is 32.4. The average Bonchev–Trinajstić information content (AvgIpc) is 3.37. The van der Waals surface area contributed by atoms with Crippen molar-refractivity contribution in [3.63, 3.8) is 0 Å². The molecule has 1 atom stereocenters. The molecule has 0 bridgehead atoms. The highest BCUT2D eigenvalue weighted by Crippen LogP contribution is 2.29. The first-order valence-electron chi connectivity index (χ1n) is 12.2. The molecule has 1 heterocycles. The number of rotatable bonds is 7. The predicted molar refractivity (Wildman–Crippen MR) is 145 cm³/mol. The Hall–Kier alpha value is -3.78. The van der Waals surface area contributed by atoms with Gasteiger partial charge in [-0.3, -0.25) is 9.59 Å². The van der Waals surface area contributed by atoms with Gasteiger partial charge in [0.25, 0.3) is 5.91 Å². The summed E-state index contributed by atoms with van der Waals surface area (Å²) in [6.07, 6.45) is 0.767. The highest BCUT2D eigenvalue weighted by molar-refractivity contribution is 6.06. The van der Waals surface area contributed by atoms with E-state index in [1.807, 2.05) is 36.0 Å². The van der Waals surface area contributed by atoms with Crippen molar-refractivity contribution in [1.82, 2.24) is 9.80 Å². The molecule has 8 heteroatoms. The van der Waals surface area contributed by atoms with Crippen LogP contribution >= 0.6 is 0 Å². The lowest BCUT2D eigenvalue weighted by molar-refractivity contribution is -0.132. The van der Waals surface area contributed by atoms with Crippen molar-refractivity contribution in [2.24, 2.45) is 0 Å². The predicted octanol–water partition coefficient (Wildman–Crippen LogP) is 4.75. The molecule has 1 aliphatic heterocycles. The normalized spacial score (nSPS) is 15.2. The van der Waals surface area contributed by atoms with E-state index in [4.69, 9.17) is 0 Å². The highest BCUT2D eigenvalue weighted by atomic mass is 19.1. The maximum absolute atomic E-state index is 15.2.